The lowest BCUT2D eigenvalue weighted by molar-refractivity contribution is -0.150. The Hall–Kier alpha value is -2.34. The van der Waals surface area contributed by atoms with Gasteiger partial charge < -0.3 is 18.9 Å². The average molecular weight is 372 g/mol. The summed E-state index contributed by atoms with van der Waals surface area (Å²) in [4.78, 5) is 24.8. The van der Waals surface area contributed by atoms with Gasteiger partial charge in [0, 0.05) is 50.3 Å². The number of esters is 1. The van der Waals surface area contributed by atoms with Crippen molar-refractivity contribution in [3.05, 3.63) is 36.0 Å². The molecule has 1 amide bonds. The predicted molar refractivity (Wildman–Crippen MR) is 104 cm³/mol. The Balaban J connectivity index is 1.68. The van der Waals surface area contributed by atoms with Crippen molar-refractivity contribution in [3.63, 3.8) is 0 Å². The molecule has 6 nitrogen and oxygen atoms in total. The lowest BCUT2D eigenvalue weighted by atomic mass is 9.89. The number of likely N-dealkylation sites (tertiary alicyclic amines) is 1. The molecule has 1 aliphatic rings. The number of carbonyl (C=O) groups excluding carboxylic acids is 2. The maximum absolute atomic E-state index is 12.1. The Kier molecular flexibility index (Phi) is 6.50. The highest BCUT2D eigenvalue weighted by Crippen LogP contribution is 2.34. The van der Waals surface area contributed by atoms with Crippen molar-refractivity contribution in [1.82, 2.24) is 9.47 Å². The molecule has 1 aromatic heterocycles. The summed E-state index contributed by atoms with van der Waals surface area (Å²) in [6.07, 6.45) is 4.10. The highest BCUT2D eigenvalue weighted by atomic mass is 16.5. The number of benzene rings is 1. The van der Waals surface area contributed by atoms with E-state index in [9.17, 15) is 9.59 Å². The number of para-hydroxylation sites is 1. The fourth-order valence-electron chi connectivity index (χ4n) is 3.79. The summed E-state index contributed by atoms with van der Waals surface area (Å²) in [5, 5.41) is 1.29. The van der Waals surface area contributed by atoms with E-state index in [4.69, 9.17) is 9.47 Å². The van der Waals surface area contributed by atoms with Gasteiger partial charge in [0.05, 0.1) is 6.61 Å². The van der Waals surface area contributed by atoms with E-state index in [0.717, 1.165) is 26.0 Å². The minimum Gasteiger partial charge on any atom is -0.456 e. The smallest absolute Gasteiger partial charge is 0.303 e. The van der Waals surface area contributed by atoms with E-state index < -0.39 is 5.97 Å². The summed E-state index contributed by atoms with van der Waals surface area (Å²) >= 11 is 0. The Bertz CT molecular complexity index is 791. The van der Waals surface area contributed by atoms with Crippen LogP contribution in [0.1, 0.15) is 38.2 Å². The molecule has 0 aliphatic carbocycles. The molecular weight excluding hydrogens is 344 g/mol. The molecule has 1 saturated heterocycles. The van der Waals surface area contributed by atoms with Crippen LogP contribution < -0.4 is 0 Å². The largest absolute Gasteiger partial charge is 0.456 e. The highest BCUT2D eigenvalue weighted by Gasteiger charge is 2.26. The second-order valence-electron chi connectivity index (χ2n) is 6.93. The van der Waals surface area contributed by atoms with Gasteiger partial charge in [0.15, 0.2) is 6.61 Å². The molecule has 1 aromatic carbocycles. The van der Waals surface area contributed by atoms with Crippen molar-refractivity contribution in [3.8, 4) is 0 Å². The lowest BCUT2D eigenvalue weighted by Crippen LogP contribution is -2.40. The number of hydrogen-bond acceptors (Lipinski definition) is 4. The molecule has 3 rings (SSSR count). The van der Waals surface area contributed by atoms with Gasteiger partial charge in [-0.25, -0.2) is 0 Å². The van der Waals surface area contributed by atoms with Crippen LogP contribution in [0.2, 0.25) is 0 Å². The van der Waals surface area contributed by atoms with Crippen LogP contribution in [0.5, 0.6) is 0 Å². The maximum Gasteiger partial charge on any atom is 0.303 e. The van der Waals surface area contributed by atoms with Gasteiger partial charge >= 0.3 is 5.97 Å². The van der Waals surface area contributed by atoms with Crippen molar-refractivity contribution < 1.29 is 19.1 Å². The molecule has 0 unspecified atom stereocenters. The fraction of sp³-hybridized carbons (Fsp3) is 0.524. The van der Waals surface area contributed by atoms with Gasteiger partial charge in [-0.3, -0.25) is 9.59 Å². The number of hydrogen-bond donors (Lipinski definition) is 0. The first-order chi connectivity index (χ1) is 13.1. The molecule has 0 saturated carbocycles. The topological polar surface area (TPSA) is 60.8 Å². The standard InChI is InChI=1S/C21H28N2O4/c1-3-26-13-12-23-14-19(18-6-4-5-7-20(18)23)17-8-10-22(11-9-17)21(25)15-27-16(2)24/h4-7,14,17H,3,8-13,15H2,1-2H3. The molecule has 146 valence electrons. The molecule has 0 atom stereocenters. The quantitative estimate of drug-likeness (QED) is 0.554. The Morgan fingerprint density at radius 3 is 2.63 bits per heavy atom. The van der Waals surface area contributed by atoms with Gasteiger partial charge in [0.25, 0.3) is 5.91 Å². The van der Waals surface area contributed by atoms with Crippen molar-refractivity contribution >= 4 is 22.8 Å². The SMILES string of the molecule is CCOCCn1cc(C2CCN(C(=O)COC(C)=O)CC2)c2ccccc21. The summed E-state index contributed by atoms with van der Waals surface area (Å²) in [7, 11) is 0. The van der Waals surface area contributed by atoms with Gasteiger partial charge in [0.1, 0.15) is 0 Å². The number of nitrogens with zero attached hydrogens (tertiary/aromatic N) is 2. The van der Waals surface area contributed by atoms with Crippen LogP contribution in [0.15, 0.2) is 30.5 Å². The van der Waals surface area contributed by atoms with E-state index in [1.165, 1.54) is 23.4 Å². The molecule has 0 spiro atoms. The number of fused-ring (bicyclic) bond motifs is 1. The third-order valence-corrected chi connectivity index (χ3v) is 5.19. The predicted octanol–water partition coefficient (Wildman–Crippen LogP) is 2.95. The molecule has 0 bridgehead atoms. The molecule has 1 fully saturated rings. The lowest BCUT2D eigenvalue weighted by Gasteiger charge is -2.31. The zero-order chi connectivity index (χ0) is 19.2. The molecule has 1 aliphatic heterocycles. The van der Waals surface area contributed by atoms with Gasteiger partial charge in [-0.15, -0.1) is 0 Å². The molecular formula is C21H28N2O4. The second kappa shape index (κ2) is 9.04. The van der Waals surface area contributed by atoms with Crippen LogP contribution in [0.25, 0.3) is 10.9 Å². The average Bonchev–Trinajstić information content (AvgIpc) is 3.05. The molecule has 2 aromatic rings. The van der Waals surface area contributed by atoms with Gasteiger partial charge in [-0.2, -0.15) is 0 Å². The molecule has 0 N–H and O–H groups in total. The van der Waals surface area contributed by atoms with E-state index >= 15 is 0 Å². The third kappa shape index (κ3) is 4.69. The number of rotatable bonds is 7. The molecule has 6 heteroatoms. The van der Waals surface area contributed by atoms with E-state index in [0.29, 0.717) is 25.6 Å². The Morgan fingerprint density at radius 2 is 1.93 bits per heavy atom. The van der Waals surface area contributed by atoms with E-state index in [2.05, 4.69) is 35.0 Å². The molecule has 0 radical (unpaired) electrons. The second-order valence-corrected chi connectivity index (χ2v) is 6.93. The van der Waals surface area contributed by atoms with Crippen LogP contribution in [-0.4, -0.2) is 54.3 Å². The number of amides is 1. The van der Waals surface area contributed by atoms with Crippen LogP contribution in [0.4, 0.5) is 0 Å². The van der Waals surface area contributed by atoms with Gasteiger partial charge in [-0.05, 0) is 37.3 Å². The highest BCUT2D eigenvalue weighted by molar-refractivity contribution is 5.85. The molecule has 27 heavy (non-hydrogen) atoms. The summed E-state index contributed by atoms with van der Waals surface area (Å²) < 4.78 is 12.6. The van der Waals surface area contributed by atoms with Crippen LogP contribution in [-0.2, 0) is 25.6 Å². The Labute approximate surface area is 160 Å². The maximum atomic E-state index is 12.1. The molecule has 2 heterocycles. The summed E-state index contributed by atoms with van der Waals surface area (Å²) in [6, 6.07) is 8.48. The first kappa shape index (κ1) is 19.4. The van der Waals surface area contributed by atoms with Crippen molar-refractivity contribution in [2.24, 2.45) is 0 Å². The minimum absolute atomic E-state index is 0.109. The van der Waals surface area contributed by atoms with E-state index in [-0.39, 0.29) is 12.5 Å². The third-order valence-electron chi connectivity index (χ3n) is 5.19. The van der Waals surface area contributed by atoms with E-state index in [1.807, 2.05) is 6.92 Å². The zero-order valence-electron chi connectivity index (χ0n) is 16.1. The van der Waals surface area contributed by atoms with Gasteiger partial charge in [0.2, 0.25) is 0 Å². The number of carbonyl (C=O) groups is 2. The summed E-state index contributed by atoms with van der Waals surface area (Å²) in [5.74, 6) is -0.0955. The van der Waals surface area contributed by atoms with Crippen LogP contribution >= 0.6 is 0 Å². The summed E-state index contributed by atoms with van der Waals surface area (Å²) in [6.45, 7) is 6.84. The number of ether oxygens (including phenoxy) is 2. The number of piperidine rings is 1. The van der Waals surface area contributed by atoms with Crippen molar-refractivity contribution in [2.45, 2.75) is 39.2 Å². The summed E-state index contributed by atoms with van der Waals surface area (Å²) in [5.41, 5.74) is 2.59. The monoisotopic (exact) mass is 372 g/mol. The first-order valence-corrected chi connectivity index (χ1v) is 9.66. The van der Waals surface area contributed by atoms with Gasteiger partial charge in [-0.1, -0.05) is 18.2 Å². The van der Waals surface area contributed by atoms with Crippen LogP contribution in [0, 0.1) is 0 Å². The van der Waals surface area contributed by atoms with Crippen molar-refractivity contribution in [2.75, 3.05) is 32.9 Å². The van der Waals surface area contributed by atoms with E-state index in [1.54, 1.807) is 4.90 Å². The fourth-order valence-corrected chi connectivity index (χ4v) is 3.79. The number of aromatic nitrogens is 1. The minimum atomic E-state index is -0.418. The zero-order valence-corrected chi connectivity index (χ0v) is 16.1. The normalized spacial score (nSPS) is 15.3. The van der Waals surface area contributed by atoms with Crippen LogP contribution in [0.3, 0.4) is 0 Å². The van der Waals surface area contributed by atoms with Crippen molar-refractivity contribution in [1.29, 1.82) is 0 Å². The first-order valence-electron chi connectivity index (χ1n) is 9.66. The Morgan fingerprint density at radius 1 is 1.19 bits per heavy atom.